The van der Waals surface area contributed by atoms with Gasteiger partial charge in [-0.1, -0.05) is 31.2 Å². The number of nitrogens with zero attached hydrogens (tertiary/aromatic N) is 2. The summed E-state index contributed by atoms with van der Waals surface area (Å²) in [7, 11) is 0. The number of carbonyl (C=O) groups excluding carboxylic acids is 3. The molecular weight excluding hydrogens is 504 g/mol. The molecule has 4 atom stereocenters. The first-order chi connectivity index (χ1) is 19.1. The van der Waals surface area contributed by atoms with Crippen LogP contribution >= 0.6 is 0 Å². The molecule has 3 aromatic carbocycles. The number of hydrogen-bond acceptors (Lipinski definition) is 6. The number of ketones is 1. The van der Waals surface area contributed by atoms with Crippen molar-refractivity contribution in [2.75, 3.05) is 11.5 Å². The standard InChI is InChI=1S/C33H32N2O5/c1-32(16-17-40-22-11-12-24-20(18-22)6-5-9-27(24)36)14-15-33(2,39)29-28(32)30(37)35(31(29)38)26-13-10-21(19-34)23-7-3-4-8-25(23)26/h3-4,7-8,10-13,18,28-29,39H,5-6,9,14-17H2,1-2H3/t28-,29+,32-,33+/m0/s1. The minimum atomic E-state index is -1.32. The van der Waals surface area contributed by atoms with Gasteiger partial charge in [-0.15, -0.1) is 0 Å². The van der Waals surface area contributed by atoms with Gasteiger partial charge >= 0.3 is 0 Å². The monoisotopic (exact) mass is 536 g/mol. The molecule has 7 nitrogen and oxygen atoms in total. The van der Waals surface area contributed by atoms with E-state index in [1.807, 2.05) is 49.4 Å². The van der Waals surface area contributed by atoms with Gasteiger partial charge in [0.05, 0.1) is 41.4 Å². The maximum atomic E-state index is 14.1. The van der Waals surface area contributed by atoms with Crippen LogP contribution in [0.25, 0.3) is 10.8 Å². The number of amides is 2. The van der Waals surface area contributed by atoms with Crippen LogP contribution in [0.3, 0.4) is 0 Å². The summed E-state index contributed by atoms with van der Waals surface area (Å²) in [6.07, 6.45) is 3.78. The lowest BCUT2D eigenvalue weighted by Gasteiger charge is -2.47. The lowest BCUT2D eigenvalue weighted by molar-refractivity contribution is -0.148. The predicted octanol–water partition coefficient (Wildman–Crippen LogP) is 5.36. The average Bonchev–Trinajstić information content (AvgIpc) is 3.22. The SMILES string of the molecule is C[C@@]1(CCOc2ccc3c(c2)CCCC3=O)CC[C@@](C)(O)[C@H]2C(=O)N(c3ccc(C#N)c4ccccc34)C(=O)[C@H]21. The Bertz CT molecular complexity index is 1600. The molecule has 3 aliphatic rings. The molecule has 204 valence electrons. The number of anilines is 1. The van der Waals surface area contributed by atoms with Crippen molar-refractivity contribution in [3.63, 3.8) is 0 Å². The quantitative estimate of drug-likeness (QED) is 0.440. The van der Waals surface area contributed by atoms with Gasteiger partial charge in [0.25, 0.3) is 0 Å². The number of aryl methyl sites for hydroxylation is 1. The van der Waals surface area contributed by atoms with E-state index in [1.54, 1.807) is 19.1 Å². The fourth-order valence-electron chi connectivity index (χ4n) is 7.06. The summed E-state index contributed by atoms with van der Waals surface area (Å²) < 4.78 is 6.12. The summed E-state index contributed by atoms with van der Waals surface area (Å²) in [4.78, 5) is 41.5. The first kappa shape index (κ1) is 26.2. The van der Waals surface area contributed by atoms with Gasteiger partial charge in [0.15, 0.2) is 5.78 Å². The molecule has 7 heteroatoms. The van der Waals surface area contributed by atoms with Crippen LogP contribution in [0.4, 0.5) is 5.69 Å². The van der Waals surface area contributed by atoms with E-state index in [0.717, 1.165) is 24.0 Å². The van der Waals surface area contributed by atoms with E-state index in [1.165, 1.54) is 4.90 Å². The third-order valence-corrected chi connectivity index (χ3v) is 9.36. The molecular formula is C33H32N2O5. The number of aliphatic hydroxyl groups is 1. The van der Waals surface area contributed by atoms with Crippen molar-refractivity contribution in [2.24, 2.45) is 17.3 Å². The molecule has 3 aromatic rings. The Kier molecular flexibility index (Phi) is 6.27. The molecule has 6 rings (SSSR count). The van der Waals surface area contributed by atoms with Crippen LogP contribution in [-0.2, 0) is 16.0 Å². The minimum Gasteiger partial charge on any atom is -0.494 e. The molecule has 1 saturated heterocycles. The van der Waals surface area contributed by atoms with Crippen LogP contribution in [-0.4, -0.2) is 34.9 Å². The Morgan fingerprint density at radius 2 is 1.73 bits per heavy atom. The summed E-state index contributed by atoms with van der Waals surface area (Å²) in [6, 6.07) is 18.3. The van der Waals surface area contributed by atoms with Gasteiger partial charge < -0.3 is 9.84 Å². The van der Waals surface area contributed by atoms with E-state index in [2.05, 4.69) is 6.07 Å². The fraction of sp³-hybridized carbons (Fsp3) is 0.394. The molecule has 0 bridgehead atoms. The van der Waals surface area contributed by atoms with Gasteiger partial charge in [0.2, 0.25) is 11.8 Å². The van der Waals surface area contributed by atoms with E-state index in [9.17, 15) is 24.8 Å². The second kappa shape index (κ2) is 9.57. The van der Waals surface area contributed by atoms with Gasteiger partial charge in [0, 0.05) is 22.8 Å². The highest BCUT2D eigenvalue weighted by atomic mass is 16.5. The summed E-state index contributed by atoms with van der Waals surface area (Å²) in [5, 5.41) is 22.3. The van der Waals surface area contributed by atoms with Crippen LogP contribution in [0.1, 0.15) is 67.4 Å². The summed E-state index contributed by atoms with van der Waals surface area (Å²) in [6.45, 7) is 4.01. The van der Waals surface area contributed by atoms with E-state index < -0.39 is 28.8 Å². The number of nitriles is 1. The Balaban J connectivity index is 1.29. The molecule has 0 radical (unpaired) electrons. The maximum Gasteiger partial charge on any atom is 0.240 e. The first-order valence-electron chi connectivity index (χ1n) is 14.0. The maximum absolute atomic E-state index is 14.1. The Morgan fingerprint density at radius 3 is 2.50 bits per heavy atom. The van der Waals surface area contributed by atoms with Crippen molar-refractivity contribution in [1.29, 1.82) is 5.26 Å². The van der Waals surface area contributed by atoms with Crippen molar-refractivity contribution in [1.82, 2.24) is 0 Å². The molecule has 2 fully saturated rings. The van der Waals surface area contributed by atoms with Gasteiger partial charge in [-0.2, -0.15) is 5.26 Å². The zero-order chi connectivity index (χ0) is 28.2. The zero-order valence-electron chi connectivity index (χ0n) is 22.8. The number of ether oxygens (including phenoxy) is 1. The van der Waals surface area contributed by atoms with Crippen LogP contribution in [0.5, 0.6) is 5.75 Å². The number of hydrogen-bond donors (Lipinski definition) is 1. The van der Waals surface area contributed by atoms with E-state index in [0.29, 0.717) is 60.1 Å². The normalized spacial score (nSPS) is 27.9. The van der Waals surface area contributed by atoms with Gasteiger partial charge in [-0.3, -0.25) is 14.4 Å². The summed E-state index contributed by atoms with van der Waals surface area (Å²) in [5.41, 5.74) is 0.804. The van der Waals surface area contributed by atoms with Crippen molar-refractivity contribution in [3.8, 4) is 11.8 Å². The van der Waals surface area contributed by atoms with E-state index in [-0.39, 0.29) is 11.7 Å². The highest BCUT2D eigenvalue weighted by molar-refractivity contribution is 6.25. The zero-order valence-corrected chi connectivity index (χ0v) is 22.8. The van der Waals surface area contributed by atoms with Crippen molar-refractivity contribution >= 4 is 34.1 Å². The van der Waals surface area contributed by atoms with Crippen LogP contribution in [0.2, 0.25) is 0 Å². The Morgan fingerprint density at radius 1 is 0.975 bits per heavy atom. The molecule has 1 N–H and O–H groups in total. The number of fused-ring (bicyclic) bond motifs is 3. The second-order valence-electron chi connectivity index (χ2n) is 12.0. The summed E-state index contributed by atoms with van der Waals surface area (Å²) in [5.74, 6) is -1.44. The third-order valence-electron chi connectivity index (χ3n) is 9.36. The van der Waals surface area contributed by atoms with Gasteiger partial charge in [-0.05, 0) is 80.3 Å². The second-order valence-corrected chi connectivity index (χ2v) is 12.0. The van der Waals surface area contributed by atoms with Crippen LogP contribution < -0.4 is 9.64 Å². The van der Waals surface area contributed by atoms with E-state index in [4.69, 9.17) is 4.74 Å². The van der Waals surface area contributed by atoms with Crippen molar-refractivity contribution in [2.45, 2.75) is 58.0 Å². The van der Waals surface area contributed by atoms with Crippen LogP contribution in [0, 0.1) is 28.6 Å². The lowest BCUT2D eigenvalue weighted by atomic mass is 9.57. The molecule has 2 aliphatic carbocycles. The Labute approximate surface area is 233 Å². The first-order valence-corrected chi connectivity index (χ1v) is 14.0. The molecule has 1 heterocycles. The predicted molar refractivity (Wildman–Crippen MR) is 150 cm³/mol. The topological polar surface area (TPSA) is 108 Å². The Hall–Kier alpha value is -4.02. The number of rotatable bonds is 5. The van der Waals surface area contributed by atoms with Crippen molar-refractivity contribution < 1.29 is 24.2 Å². The lowest BCUT2D eigenvalue weighted by Crippen LogP contribution is -2.52. The highest BCUT2D eigenvalue weighted by Gasteiger charge is 2.64. The highest BCUT2D eigenvalue weighted by Crippen LogP contribution is 2.55. The molecule has 0 unspecified atom stereocenters. The molecule has 1 aliphatic heterocycles. The molecule has 40 heavy (non-hydrogen) atoms. The van der Waals surface area contributed by atoms with Gasteiger partial charge in [-0.25, -0.2) is 4.90 Å². The van der Waals surface area contributed by atoms with E-state index >= 15 is 0 Å². The molecule has 0 spiro atoms. The average molecular weight is 537 g/mol. The van der Waals surface area contributed by atoms with Gasteiger partial charge in [0.1, 0.15) is 5.75 Å². The molecule has 0 aromatic heterocycles. The third kappa shape index (κ3) is 4.10. The van der Waals surface area contributed by atoms with Crippen LogP contribution in [0.15, 0.2) is 54.6 Å². The molecule has 1 saturated carbocycles. The number of benzene rings is 3. The summed E-state index contributed by atoms with van der Waals surface area (Å²) >= 11 is 0. The van der Waals surface area contributed by atoms with Crippen molar-refractivity contribution in [3.05, 3.63) is 71.3 Å². The fourth-order valence-corrected chi connectivity index (χ4v) is 7.06. The number of Topliss-reactive ketones (excluding diaryl/α,β-unsaturated/α-hetero) is 1. The molecule has 2 amide bonds. The minimum absolute atomic E-state index is 0.171. The number of carbonyl (C=O) groups is 3. The number of imide groups is 1. The smallest absolute Gasteiger partial charge is 0.240 e. The largest absolute Gasteiger partial charge is 0.494 e.